The molecule has 0 radical (unpaired) electrons. The number of likely N-dealkylation sites (tertiary alicyclic amines) is 1. The smallest absolute Gasteiger partial charge is 0.303 e. The first-order valence-corrected chi connectivity index (χ1v) is 7.77. The predicted molar refractivity (Wildman–Crippen MR) is 79.3 cm³/mol. The molecule has 1 amide bonds. The zero-order valence-corrected chi connectivity index (χ0v) is 12.2. The van der Waals surface area contributed by atoms with E-state index in [1.807, 2.05) is 17.0 Å². The van der Waals surface area contributed by atoms with E-state index < -0.39 is 5.97 Å². The van der Waals surface area contributed by atoms with Gasteiger partial charge in [0.2, 0.25) is 0 Å². The molecule has 4 heteroatoms. The Hall–Kier alpha value is -1.84. The Bertz CT molecular complexity index is 559. The van der Waals surface area contributed by atoms with Gasteiger partial charge in [-0.1, -0.05) is 12.1 Å². The summed E-state index contributed by atoms with van der Waals surface area (Å²) in [6.45, 7) is 1.36. The van der Waals surface area contributed by atoms with Crippen molar-refractivity contribution in [1.82, 2.24) is 4.90 Å². The van der Waals surface area contributed by atoms with Gasteiger partial charge in [-0.3, -0.25) is 9.59 Å². The highest BCUT2D eigenvalue weighted by Crippen LogP contribution is 2.28. The standard InChI is InChI=1S/C17H21NO3/c19-16(20)11-12-7-9-18(10-8-12)17(21)15-6-2-4-13-3-1-5-14(13)15/h2,4,6,12H,1,3,5,7-11H2,(H,19,20). The van der Waals surface area contributed by atoms with E-state index in [4.69, 9.17) is 5.11 Å². The van der Waals surface area contributed by atoms with Gasteiger partial charge in [-0.25, -0.2) is 0 Å². The predicted octanol–water partition coefficient (Wildman–Crippen LogP) is 2.50. The maximum Gasteiger partial charge on any atom is 0.303 e. The number of carbonyl (C=O) groups excluding carboxylic acids is 1. The summed E-state index contributed by atoms with van der Waals surface area (Å²) >= 11 is 0. The molecule has 0 saturated carbocycles. The minimum atomic E-state index is -0.736. The maximum atomic E-state index is 12.7. The fraction of sp³-hybridized carbons (Fsp3) is 0.529. The van der Waals surface area contributed by atoms with Gasteiger partial charge in [0, 0.05) is 25.1 Å². The van der Waals surface area contributed by atoms with Crippen LogP contribution in [0.5, 0.6) is 0 Å². The lowest BCUT2D eigenvalue weighted by Gasteiger charge is -2.32. The minimum Gasteiger partial charge on any atom is -0.481 e. The van der Waals surface area contributed by atoms with Crippen LogP contribution in [0.1, 0.15) is 47.2 Å². The van der Waals surface area contributed by atoms with E-state index in [0.717, 1.165) is 37.7 Å². The fourth-order valence-corrected chi connectivity index (χ4v) is 3.58. The van der Waals surface area contributed by atoms with Gasteiger partial charge >= 0.3 is 5.97 Å². The summed E-state index contributed by atoms with van der Waals surface area (Å²) in [5.41, 5.74) is 3.42. The van der Waals surface area contributed by atoms with Crippen LogP contribution in [0.25, 0.3) is 0 Å². The van der Waals surface area contributed by atoms with Crippen LogP contribution < -0.4 is 0 Å². The van der Waals surface area contributed by atoms with Crippen molar-refractivity contribution in [2.45, 2.75) is 38.5 Å². The molecule has 1 aromatic carbocycles. The molecule has 1 saturated heterocycles. The maximum absolute atomic E-state index is 12.7. The van der Waals surface area contributed by atoms with Gasteiger partial charge in [0.05, 0.1) is 0 Å². The van der Waals surface area contributed by atoms with Gasteiger partial charge in [-0.15, -0.1) is 0 Å². The minimum absolute atomic E-state index is 0.127. The van der Waals surface area contributed by atoms with Gasteiger partial charge in [-0.2, -0.15) is 0 Å². The molecule has 112 valence electrons. The highest BCUT2D eigenvalue weighted by atomic mass is 16.4. The lowest BCUT2D eigenvalue weighted by molar-refractivity contribution is -0.138. The molecule has 21 heavy (non-hydrogen) atoms. The number of nitrogens with zero attached hydrogens (tertiary/aromatic N) is 1. The number of aliphatic carboxylic acids is 1. The number of fused-ring (bicyclic) bond motifs is 1. The van der Waals surface area contributed by atoms with E-state index in [1.165, 1.54) is 11.1 Å². The molecule has 1 fully saturated rings. The number of carbonyl (C=O) groups is 2. The first-order chi connectivity index (χ1) is 10.1. The van der Waals surface area contributed by atoms with Gasteiger partial charge in [0.1, 0.15) is 0 Å². The van der Waals surface area contributed by atoms with Crippen molar-refractivity contribution in [3.05, 3.63) is 34.9 Å². The molecule has 0 bridgehead atoms. The van der Waals surface area contributed by atoms with E-state index in [1.54, 1.807) is 0 Å². The highest BCUT2D eigenvalue weighted by molar-refractivity contribution is 5.96. The van der Waals surface area contributed by atoms with E-state index >= 15 is 0 Å². The van der Waals surface area contributed by atoms with Crippen molar-refractivity contribution >= 4 is 11.9 Å². The zero-order chi connectivity index (χ0) is 14.8. The Morgan fingerprint density at radius 1 is 1.19 bits per heavy atom. The second-order valence-electron chi connectivity index (χ2n) is 6.13. The van der Waals surface area contributed by atoms with Crippen LogP contribution in [0, 0.1) is 5.92 Å². The zero-order valence-electron chi connectivity index (χ0n) is 12.2. The molecule has 0 aromatic heterocycles. The molecule has 1 N–H and O–H groups in total. The third-order valence-electron chi connectivity index (χ3n) is 4.74. The lowest BCUT2D eigenvalue weighted by atomic mass is 9.93. The second-order valence-corrected chi connectivity index (χ2v) is 6.13. The first-order valence-electron chi connectivity index (χ1n) is 7.77. The Morgan fingerprint density at radius 2 is 1.95 bits per heavy atom. The Morgan fingerprint density at radius 3 is 2.67 bits per heavy atom. The molecular formula is C17H21NO3. The average Bonchev–Trinajstić information content (AvgIpc) is 2.95. The number of rotatable bonds is 3. The molecule has 0 spiro atoms. The second kappa shape index (κ2) is 5.88. The van der Waals surface area contributed by atoms with Crippen LogP contribution in [0.15, 0.2) is 18.2 Å². The van der Waals surface area contributed by atoms with Crippen molar-refractivity contribution in [1.29, 1.82) is 0 Å². The van der Waals surface area contributed by atoms with Crippen LogP contribution in [-0.4, -0.2) is 35.0 Å². The number of carboxylic acid groups (broad SMARTS) is 1. The van der Waals surface area contributed by atoms with Crippen LogP contribution >= 0.6 is 0 Å². The number of piperidine rings is 1. The molecule has 3 rings (SSSR count). The van der Waals surface area contributed by atoms with E-state index in [9.17, 15) is 9.59 Å². The third kappa shape index (κ3) is 2.94. The van der Waals surface area contributed by atoms with Crippen LogP contribution in [0.2, 0.25) is 0 Å². The Kier molecular flexibility index (Phi) is 3.95. The number of hydrogen-bond acceptors (Lipinski definition) is 2. The Labute approximate surface area is 124 Å². The monoisotopic (exact) mass is 287 g/mol. The third-order valence-corrected chi connectivity index (χ3v) is 4.74. The van der Waals surface area contributed by atoms with Gasteiger partial charge in [0.15, 0.2) is 0 Å². The van der Waals surface area contributed by atoms with E-state index in [2.05, 4.69) is 6.07 Å². The van der Waals surface area contributed by atoms with Crippen LogP contribution in [-0.2, 0) is 17.6 Å². The summed E-state index contributed by atoms with van der Waals surface area (Å²) in [6.07, 6.45) is 5.05. The molecule has 1 aromatic rings. The van der Waals surface area contributed by atoms with Crippen molar-refractivity contribution < 1.29 is 14.7 Å². The molecule has 4 nitrogen and oxygen atoms in total. The molecular weight excluding hydrogens is 266 g/mol. The molecule has 1 aliphatic heterocycles. The molecule has 0 atom stereocenters. The fourth-order valence-electron chi connectivity index (χ4n) is 3.58. The summed E-state index contributed by atoms with van der Waals surface area (Å²) < 4.78 is 0. The highest BCUT2D eigenvalue weighted by Gasteiger charge is 2.27. The van der Waals surface area contributed by atoms with Crippen LogP contribution in [0.3, 0.4) is 0 Å². The largest absolute Gasteiger partial charge is 0.481 e. The quantitative estimate of drug-likeness (QED) is 0.929. The number of aryl methyl sites for hydroxylation is 1. The summed E-state index contributed by atoms with van der Waals surface area (Å²) in [7, 11) is 0. The normalized spacial score (nSPS) is 18.6. The average molecular weight is 287 g/mol. The lowest BCUT2D eigenvalue weighted by Crippen LogP contribution is -2.39. The SMILES string of the molecule is O=C(O)CC1CCN(C(=O)c2cccc3c2CCC3)CC1. The van der Waals surface area contributed by atoms with E-state index in [0.29, 0.717) is 13.1 Å². The molecule has 1 aliphatic carbocycles. The summed E-state index contributed by atoms with van der Waals surface area (Å²) in [5.74, 6) is -0.392. The summed E-state index contributed by atoms with van der Waals surface area (Å²) in [4.78, 5) is 25.3. The topological polar surface area (TPSA) is 57.6 Å². The Balaban J connectivity index is 1.68. The molecule has 2 aliphatic rings. The number of hydrogen-bond donors (Lipinski definition) is 1. The number of benzene rings is 1. The number of carboxylic acids is 1. The molecule has 0 unspecified atom stereocenters. The van der Waals surface area contributed by atoms with Crippen LogP contribution in [0.4, 0.5) is 0 Å². The van der Waals surface area contributed by atoms with Gasteiger partial charge in [-0.05, 0) is 55.2 Å². The number of amides is 1. The summed E-state index contributed by atoms with van der Waals surface area (Å²) in [5, 5.41) is 8.84. The van der Waals surface area contributed by atoms with Gasteiger partial charge in [0.25, 0.3) is 5.91 Å². The van der Waals surface area contributed by atoms with Gasteiger partial charge < -0.3 is 10.0 Å². The first kappa shape index (κ1) is 14.1. The van der Waals surface area contributed by atoms with E-state index in [-0.39, 0.29) is 18.2 Å². The van der Waals surface area contributed by atoms with Crippen molar-refractivity contribution in [2.75, 3.05) is 13.1 Å². The van der Waals surface area contributed by atoms with Crippen molar-refractivity contribution in [3.8, 4) is 0 Å². The van der Waals surface area contributed by atoms with Crippen molar-refractivity contribution in [3.63, 3.8) is 0 Å². The molecule has 1 heterocycles. The summed E-state index contributed by atoms with van der Waals surface area (Å²) in [6, 6.07) is 6.04. The van der Waals surface area contributed by atoms with Crippen molar-refractivity contribution in [2.24, 2.45) is 5.92 Å².